The molecule has 0 fully saturated rings. The lowest BCUT2D eigenvalue weighted by molar-refractivity contribution is 0.0977. The first-order chi connectivity index (χ1) is 14.8. The number of hydrogen-bond acceptors (Lipinski definition) is 4. The standard InChI is InChI=1S/C24H20ClN3O2S/c1-13-4-7-17(15(3)10-13)22(29)28-24(31)27-19-12-16(6-8-18(19)25)23-26-20-11-14(2)5-9-21(20)30-23/h4-12H,1-3H3,(H2,27,28,29,31). The summed E-state index contributed by atoms with van der Waals surface area (Å²) in [6, 6.07) is 16.8. The normalized spacial score (nSPS) is 10.8. The number of benzene rings is 3. The van der Waals surface area contributed by atoms with Crippen LogP contribution in [0.15, 0.2) is 59.0 Å². The van der Waals surface area contributed by atoms with Crippen molar-refractivity contribution in [2.75, 3.05) is 5.32 Å². The van der Waals surface area contributed by atoms with E-state index in [1.54, 1.807) is 18.2 Å². The summed E-state index contributed by atoms with van der Waals surface area (Å²) in [7, 11) is 0. The quantitative estimate of drug-likeness (QED) is 0.364. The molecule has 0 radical (unpaired) electrons. The molecule has 0 unspecified atom stereocenters. The molecule has 0 atom stereocenters. The second-order valence-corrected chi connectivity index (χ2v) is 8.23. The van der Waals surface area contributed by atoms with Gasteiger partial charge in [-0.1, -0.05) is 35.4 Å². The van der Waals surface area contributed by atoms with Gasteiger partial charge < -0.3 is 9.73 Å². The summed E-state index contributed by atoms with van der Waals surface area (Å²) < 4.78 is 5.87. The van der Waals surface area contributed by atoms with E-state index < -0.39 is 0 Å². The third-order valence-electron chi connectivity index (χ3n) is 4.86. The fraction of sp³-hybridized carbons (Fsp3) is 0.125. The molecule has 0 aliphatic carbocycles. The third kappa shape index (κ3) is 4.60. The fourth-order valence-corrected chi connectivity index (χ4v) is 3.67. The molecule has 0 spiro atoms. The van der Waals surface area contributed by atoms with E-state index in [1.165, 1.54) is 0 Å². The van der Waals surface area contributed by atoms with Gasteiger partial charge in [-0.15, -0.1) is 0 Å². The lowest BCUT2D eigenvalue weighted by Crippen LogP contribution is -2.34. The van der Waals surface area contributed by atoms with Crippen LogP contribution in [0, 0.1) is 20.8 Å². The van der Waals surface area contributed by atoms with Crippen LogP contribution in [0.4, 0.5) is 5.69 Å². The van der Waals surface area contributed by atoms with Crippen LogP contribution in [0.25, 0.3) is 22.6 Å². The average Bonchev–Trinajstić information content (AvgIpc) is 3.12. The van der Waals surface area contributed by atoms with Crippen LogP contribution in [-0.2, 0) is 0 Å². The lowest BCUT2D eigenvalue weighted by atomic mass is 10.1. The van der Waals surface area contributed by atoms with Crippen molar-refractivity contribution >= 4 is 51.6 Å². The minimum Gasteiger partial charge on any atom is -0.436 e. The zero-order valence-corrected chi connectivity index (χ0v) is 18.8. The maximum atomic E-state index is 12.6. The van der Waals surface area contributed by atoms with Crippen molar-refractivity contribution in [2.45, 2.75) is 20.8 Å². The number of hydrogen-bond donors (Lipinski definition) is 2. The van der Waals surface area contributed by atoms with Crippen molar-refractivity contribution in [2.24, 2.45) is 0 Å². The first-order valence-corrected chi connectivity index (χ1v) is 10.5. The molecule has 0 saturated heterocycles. The maximum Gasteiger partial charge on any atom is 0.257 e. The minimum atomic E-state index is -0.281. The van der Waals surface area contributed by atoms with E-state index >= 15 is 0 Å². The molecule has 0 saturated carbocycles. The smallest absolute Gasteiger partial charge is 0.257 e. The highest BCUT2D eigenvalue weighted by molar-refractivity contribution is 7.80. The van der Waals surface area contributed by atoms with Gasteiger partial charge in [0.05, 0.1) is 10.7 Å². The van der Waals surface area contributed by atoms with Crippen molar-refractivity contribution < 1.29 is 9.21 Å². The van der Waals surface area contributed by atoms with Crippen LogP contribution in [0.5, 0.6) is 0 Å². The Morgan fingerprint density at radius 1 is 1.00 bits per heavy atom. The molecule has 2 N–H and O–H groups in total. The molecule has 5 nitrogen and oxygen atoms in total. The number of fused-ring (bicyclic) bond motifs is 1. The molecule has 1 heterocycles. The Kier molecular flexibility index (Phi) is 5.76. The number of nitrogens with zero attached hydrogens (tertiary/aromatic N) is 1. The summed E-state index contributed by atoms with van der Waals surface area (Å²) in [5.41, 5.74) is 6.43. The number of nitrogens with one attached hydrogen (secondary N) is 2. The Bertz CT molecular complexity index is 1330. The monoisotopic (exact) mass is 449 g/mol. The van der Waals surface area contributed by atoms with Gasteiger partial charge in [0.1, 0.15) is 5.52 Å². The van der Waals surface area contributed by atoms with E-state index in [4.69, 9.17) is 28.2 Å². The molecular weight excluding hydrogens is 430 g/mol. The molecule has 0 aliphatic rings. The third-order valence-corrected chi connectivity index (χ3v) is 5.39. The van der Waals surface area contributed by atoms with Gasteiger partial charge in [-0.2, -0.15) is 0 Å². The van der Waals surface area contributed by atoms with Crippen LogP contribution in [-0.4, -0.2) is 16.0 Å². The van der Waals surface area contributed by atoms with Crippen molar-refractivity contribution in [3.05, 3.63) is 81.9 Å². The molecule has 4 rings (SSSR count). The van der Waals surface area contributed by atoms with E-state index in [2.05, 4.69) is 15.6 Å². The SMILES string of the molecule is Cc1ccc(C(=O)NC(=S)Nc2cc(-c3nc4cc(C)ccc4o3)ccc2Cl)c(C)c1. The Morgan fingerprint density at radius 3 is 2.52 bits per heavy atom. The van der Waals surface area contributed by atoms with E-state index in [0.29, 0.717) is 27.7 Å². The highest BCUT2D eigenvalue weighted by Gasteiger charge is 2.14. The Morgan fingerprint density at radius 2 is 1.74 bits per heavy atom. The molecule has 0 bridgehead atoms. The van der Waals surface area contributed by atoms with Crippen molar-refractivity contribution in [1.82, 2.24) is 10.3 Å². The summed E-state index contributed by atoms with van der Waals surface area (Å²) in [5.74, 6) is 0.196. The number of carbonyl (C=O) groups is 1. The Balaban J connectivity index is 1.54. The zero-order valence-electron chi connectivity index (χ0n) is 17.2. The van der Waals surface area contributed by atoms with Crippen molar-refractivity contribution in [3.63, 3.8) is 0 Å². The number of aryl methyl sites for hydroxylation is 3. The molecule has 1 amide bonds. The second-order valence-electron chi connectivity index (χ2n) is 7.41. The molecule has 0 aliphatic heterocycles. The van der Waals surface area contributed by atoms with Gasteiger partial charge in [0.25, 0.3) is 5.91 Å². The summed E-state index contributed by atoms with van der Waals surface area (Å²) >= 11 is 11.7. The van der Waals surface area contributed by atoms with Crippen LogP contribution in [0.3, 0.4) is 0 Å². The molecule has 31 heavy (non-hydrogen) atoms. The number of rotatable bonds is 3. The van der Waals surface area contributed by atoms with Crippen LogP contribution in [0.1, 0.15) is 27.0 Å². The number of amides is 1. The van der Waals surface area contributed by atoms with Crippen molar-refractivity contribution in [3.8, 4) is 11.5 Å². The van der Waals surface area contributed by atoms with Gasteiger partial charge in [0, 0.05) is 11.1 Å². The second kappa shape index (κ2) is 8.49. The van der Waals surface area contributed by atoms with Crippen LogP contribution < -0.4 is 10.6 Å². The van der Waals surface area contributed by atoms with Crippen LogP contribution >= 0.6 is 23.8 Å². The molecule has 3 aromatic carbocycles. The number of anilines is 1. The maximum absolute atomic E-state index is 12.6. The van der Waals surface area contributed by atoms with E-state index in [9.17, 15) is 4.79 Å². The average molecular weight is 450 g/mol. The number of oxazole rings is 1. The summed E-state index contributed by atoms with van der Waals surface area (Å²) in [6.07, 6.45) is 0. The van der Waals surface area contributed by atoms with Gasteiger partial charge >= 0.3 is 0 Å². The first-order valence-electron chi connectivity index (χ1n) is 9.67. The number of aromatic nitrogens is 1. The first kappa shape index (κ1) is 21.0. The van der Waals surface area contributed by atoms with Crippen molar-refractivity contribution in [1.29, 1.82) is 0 Å². The van der Waals surface area contributed by atoms with E-state index in [0.717, 1.165) is 27.8 Å². The fourth-order valence-electron chi connectivity index (χ4n) is 3.31. The summed E-state index contributed by atoms with van der Waals surface area (Å²) in [6.45, 7) is 5.87. The highest BCUT2D eigenvalue weighted by Crippen LogP contribution is 2.30. The predicted molar refractivity (Wildman–Crippen MR) is 129 cm³/mol. The lowest BCUT2D eigenvalue weighted by Gasteiger charge is -2.13. The largest absolute Gasteiger partial charge is 0.436 e. The topological polar surface area (TPSA) is 67.2 Å². The molecular formula is C24H20ClN3O2S. The van der Waals surface area contributed by atoms with Gasteiger partial charge in [0.2, 0.25) is 5.89 Å². The predicted octanol–water partition coefficient (Wildman–Crippen LogP) is 6.20. The Hall–Kier alpha value is -3.22. The van der Waals surface area contributed by atoms with E-state index in [-0.39, 0.29) is 11.0 Å². The molecule has 1 aromatic heterocycles. The van der Waals surface area contributed by atoms with Crippen LogP contribution in [0.2, 0.25) is 5.02 Å². The molecule has 4 aromatic rings. The highest BCUT2D eigenvalue weighted by atomic mass is 35.5. The summed E-state index contributed by atoms with van der Waals surface area (Å²) in [4.78, 5) is 17.1. The number of carbonyl (C=O) groups excluding carboxylic acids is 1. The Labute approximate surface area is 190 Å². The van der Waals surface area contributed by atoms with Gasteiger partial charge in [-0.25, -0.2) is 4.98 Å². The minimum absolute atomic E-state index is 0.150. The summed E-state index contributed by atoms with van der Waals surface area (Å²) in [5, 5.41) is 6.30. The molecule has 156 valence electrons. The van der Waals surface area contributed by atoms with Gasteiger partial charge in [-0.3, -0.25) is 10.1 Å². The number of thiocarbonyl (C=S) groups is 1. The molecule has 7 heteroatoms. The number of halogens is 1. The van der Waals surface area contributed by atoms with Gasteiger partial charge in [0.15, 0.2) is 10.7 Å². The van der Waals surface area contributed by atoms with Gasteiger partial charge in [-0.05, 0) is 80.5 Å². The van der Waals surface area contributed by atoms with E-state index in [1.807, 2.05) is 57.2 Å². The zero-order chi connectivity index (χ0) is 22.1.